The third-order valence-electron chi connectivity index (χ3n) is 7.41. The Morgan fingerprint density at radius 2 is 1.68 bits per heavy atom. The summed E-state index contributed by atoms with van der Waals surface area (Å²) in [5, 5.41) is 11.5. The van der Waals surface area contributed by atoms with Gasteiger partial charge in [-0.2, -0.15) is 4.72 Å². The summed E-state index contributed by atoms with van der Waals surface area (Å²) in [6.45, 7) is 15.8. The van der Waals surface area contributed by atoms with Gasteiger partial charge in [-0.25, -0.2) is 8.42 Å². The average molecular weight is 594 g/mol. The summed E-state index contributed by atoms with van der Waals surface area (Å²) in [7, 11) is -6.40. The van der Waals surface area contributed by atoms with Crippen molar-refractivity contribution in [2.75, 3.05) is 6.61 Å². The van der Waals surface area contributed by atoms with Crippen molar-refractivity contribution < 1.29 is 37.0 Å². The van der Waals surface area contributed by atoms with Crippen LogP contribution in [0.15, 0.2) is 59.5 Å². The SMILES string of the molecule is Cc1ccc(S(=O)(=O)NC(C(=O)OCc2ccccc2)[C@H](O)[C@@H]2OC(C)(C)O[C@H]2CO[Si](C)(C)C(C)(C)C)cc1. The Kier molecular flexibility index (Phi) is 10.0. The van der Waals surface area contributed by atoms with Crippen LogP contribution in [0.5, 0.6) is 0 Å². The van der Waals surface area contributed by atoms with E-state index in [0.29, 0.717) is 5.56 Å². The van der Waals surface area contributed by atoms with Gasteiger partial charge in [0.2, 0.25) is 10.0 Å². The molecule has 11 heteroatoms. The van der Waals surface area contributed by atoms with E-state index in [0.717, 1.165) is 5.56 Å². The Hall–Kier alpha value is -2.12. The number of aryl methyl sites for hydroxylation is 1. The molecule has 2 N–H and O–H groups in total. The van der Waals surface area contributed by atoms with Gasteiger partial charge in [0.15, 0.2) is 14.1 Å². The van der Waals surface area contributed by atoms with Crippen LogP contribution in [0.2, 0.25) is 18.1 Å². The van der Waals surface area contributed by atoms with Crippen molar-refractivity contribution in [2.45, 2.75) is 101 Å². The molecule has 222 valence electrons. The highest BCUT2D eigenvalue weighted by molar-refractivity contribution is 7.89. The lowest BCUT2D eigenvalue weighted by Crippen LogP contribution is -2.56. The number of esters is 1. The minimum absolute atomic E-state index is 0.0483. The minimum atomic E-state index is -4.21. The molecule has 1 saturated heterocycles. The number of sulfonamides is 1. The van der Waals surface area contributed by atoms with E-state index in [-0.39, 0.29) is 23.1 Å². The van der Waals surface area contributed by atoms with Crippen molar-refractivity contribution >= 4 is 24.3 Å². The van der Waals surface area contributed by atoms with Gasteiger partial charge in [-0.3, -0.25) is 4.79 Å². The second kappa shape index (κ2) is 12.4. The first kappa shape index (κ1) is 32.4. The summed E-state index contributed by atoms with van der Waals surface area (Å²) < 4.78 is 52.9. The van der Waals surface area contributed by atoms with Crippen molar-refractivity contribution in [3.63, 3.8) is 0 Å². The fourth-order valence-electron chi connectivity index (χ4n) is 4.01. The average Bonchev–Trinajstić information content (AvgIpc) is 3.19. The van der Waals surface area contributed by atoms with Crippen LogP contribution < -0.4 is 4.72 Å². The van der Waals surface area contributed by atoms with Crippen LogP contribution in [0, 0.1) is 6.92 Å². The number of carbonyl (C=O) groups is 1. The van der Waals surface area contributed by atoms with Crippen LogP contribution in [0.3, 0.4) is 0 Å². The van der Waals surface area contributed by atoms with E-state index < -0.39 is 54.5 Å². The van der Waals surface area contributed by atoms with Gasteiger partial charge in [-0.15, -0.1) is 0 Å². The molecule has 0 radical (unpaired) electrons. The zero-order valence-electron chi connectivity index (χ0n) is 24.6. The molecule has 2 aromatic carbocycles. The molecule has 40 heavy (non-hydrogen) atoms. The van der Waals surface area contributed by atoms with Crippen molar-refractivity contribution in [3.05, 3.63) is 65.7 Å². The topological polar surface area (TPSA) is 120 Å². The summed E-state index contributed by atoms with van der Waals surface area (Å²) in [5.74, 6) is -2.04. The Morgan fingerprint density at radius 3 is 2.25 bits per heavy atom. The van der Waals surface area contributed by atoms with E-state index in [1.54, 1.807) is 50.2 Å². The van der Waals surface area contributed by atoms with Crippen molar-refractivity contribution in [2.24, 2.45) is 0 Å². The van der Waals surface area contributed by atoms with Gasteiger partial charge in [-0.1, -0.05) is 68.8 Å². The highest BCUT2D eigenvalue weighted by Gasteiger charge is 2.50. The third kappa shape index (κ3) is 8.22. The maximum Gasteiger partial charge on any atom is 0.327 e. The molecule has 1 aliphatic heterocycles. The molecule has 0 bridgehead atoms. The van der Waals surface area contributed by atoms with Crippen LogP contribution in [-0.4, -0.2) is 64.6 Å². The van der Waals surface area contributed by atoms with E-state index >= 15 is 0 Å². The largest absolute Gasteiger partial charge is 0.460 e. The molecule has 0 aromatic heterocycles. The molecular weight excluding hydrogens is 550 g/mol. The maximum atomic E-state index is 13.4. The molecule has 0 aliphatic carbocycles. The number of hydrogen-bond donors (Lipinski definition) is 2. The van der Waals surface area contributed by atoms with E-state index in [1.807, 2.05) is 13.0 Å². The summed E-state index contributed by atoms with van der Waals surface area (Å²) >= 11 is 0. The summed E-state index contributed by atoms with van der Waals surface area (Å²) in [5.41, 5.74) is 1.59. The predicted molar refractivity (Wildman–Crippen MR) is 155 cm³/mol. The number of nitrogens with one attached hydrogen (secondary N) is 1. The van der Waals surface area contributed by atoms with E-state index in [4.69, 9.17) is 18.6 Å². The molecule has 4 atom stereocenters. The smallest absolute Gasteiger partial charge is 0.327 e. The van der Waals surface area contributed by atoms with Gasteiger partial charge in [0.25, 0.3) is 0 Å². The molecule has 0 amide bonds. The number of aliphatic hydroxyl groups is 1. The lowest BCUT2D eigenvalue weighted by Gasteiger charge is -2.37. The molecular formula is C29H43NO8SSi. The Morgan fingerprint density at radius 1 is 1.07 bits per heavy atom. The highest BCUT2D eigenvalue weighted by atomic mass is 32.2. The number of carbonyl (C=O) groups excluding carboxylic acids is 1. The molecule has 0 spiro atoms. The zero-order valence-corrected chi connectivity index (χ0v) is 26.4. The minimum Gasteiger partial charge on any atom is -0.460 e. The summed E-state index contributed by atoms with van der Waals surface area (Å²) in [6.07, 6.45) is -3.47. The van der Waals surface area contributed by atoms with Gasteiger partial charge in [0, 0.05) is 0 Å². The van der Waals surface area contributed by atoms with Gasteiger partial charge in [0.1, 0.15) is 31.0 Å². The fourth-order valence-corrected chi connectivity index (χ4v) is 6.22. The van der Waals surface area contributed by atoms with Gasteiger partial charge in [0.05, 0.1) is 11.5 Å². The number of rotatable bonds is 11. The quantitative estimate of drug-likeness (QED) is 0.293. The second-order valence-corrected chi connectivity index (χ2v) is 18.7. The number of ether oxygens (including phenoxy) is 3. The molecule has 1 heterocycles. The number of benzene rings is 2. The summed E-state index contributed by atoms with van der Waals surface area (Å²) in [4.78, 5) is 13.3. The van der Waals surface area contributed by atoms with Crippen molar-refractivity contribution in [1.29, 1.82) is 0 Å². The first-order valence-electron chi connectivity index (χ1n) is 13.4. The first-order chi connectivity index (χ1) is 18.4. The molecule has 3 rings (SSSR count). The molecule has 1 aliphatic rings. The van der Waals surface area contributed by atoms with Crippen LogP contribution >= 0.6 is 0 Å². The molecule has 2 aromatic rings. The molecule has 1 unspecified atom stereocenters. The van der Waals surface area contributed by atoms with E-state index in [1.165, 1.54) is 12.1 Å². The second-order valence-electron chi connectivity index (χ2n) is 12.2. The van der Waals surface area contributed by atoms with Crippen LogP contribution in [0.1, 0.15) is 45.7 Å². The lowest BCUT2D eigenvalue weighted by molar-refractivity contribution is -0.165. The number of aliphatic hydroxyl groups excluding tert-OH is 1. The van der Waals surface area contributed by atoms with E-state index in [9.17, 15) is 18.3 Å². The first-order valence-corrected chi connectivity index (χ1v) is 17.8. The van der Waals surface area contributed by atoms with Crippen molar-refractivity contribution in [3.8, 4) is 0 Å². The Balaban J connectivity index is 1.89. The lowest BCUT2D eigenvalue weighted by atomic mass is 10.0. The fraction of sp³-hybridized carbons (Fsp3) is 0.552. The Labute approximate surface area is 239 Å². The predicted octanol–water partition coefficient (Wildman–Crippen LogP) is 4.29. The van der Waals surface area contributed by atoms with Crippen LogP contribution in [-0.2, 0) is 40.1 Å². The van der Waals surface area contributed by atoms with Crippen LogP contribution in [0.4, 0.5) is 0 Å². The Bertz CT molecular complexity index is 1240. The maximum absolute atomic E-state index is 13.4. The van der Waals surface area contributed by atoms with Gasteiger partial charge >= 0.3 is 5.97 Å². The normalized spacial score (nSPS) is 21.1. The monoisotopic (exact) mass is 593 g/mol. The van der Waals surface area contributed by atoms with Crippen LogP contribution in [0.25, 0.3) is 0 Å². The standard InChI is InChI=1S/C29H43NO8SSi/c1-20-14-16-22(17-15-20)39(33,34)30-24(27(32)35-18-21-12-10-9-11-13-21)25(31)26-23(37-29(5,6)38-26)19-36-40(7,8)28(2,3)4/h9-17,23-26,30-31H,18-19H2,1-8H3/t23-,24?,25-,26+/m0/s1. The molecule has 9 nitrogen and oxygen atoms in total. The summed E-state index contributed by atoms with van der Waals surface area (Å²) in [6, 6.07) is 13.5. The van der Waals surface area contributed by atoms with Gasteiger partial charge < -0.3 is 23.7 Å². The number of hydrogen-bond acceptors (Lipinski definition) is 8. The molecule has 1 fully saturated rings. The zero-order chi connectivity index (χ0) is 29.9. The molecule has 0 saturated carbocycles. The highest BCUT2D eigenvalue weighted by Crippen LogP contribution is 2.38. The van der Waals surface area contributed by atoms with Gasteiger partial charge in [-0.05, 0) is 56.6 Å². The third-order valence-corrected chi connectivity index (χ3v) is 13.4. The van der Waals surface area contributed by atoms with E-state index in [2.05, 4.69) is 38.6 Å². The van der Waals surface area contributed by atoms with Crippen molar-refractivity contribution in [1.82, 2.24) is 4.72 Å².